The van der Waals surface area contributed by atoms with Crippen LogP contribution in [-0.4, -0.2) is 25.0 Å². The molecule has 0 bridgehead atoms. The molecule has 0 saturated carbocycles. The number of aromatic nitrogens is 1. The van der Waals surface area contributed by atoms with E-state index in [2.05, 4.69) is 10.3 Å². The molecule has 3 aromatic rings. The lowest BCUT2D eigenvalue weighted by Crippen LogP contribution is -2.15. The summed E-state index contributed by atoms with van der Waals surface area (Å²) < 4.78 is 28.2. The van der Waals surface area contributed by atoms with E-state index in [-0.39, 0.29) is 11.4 Å². The van der Waals surface area contributed by atoms with Crippen LogP contribution in [0.2, 0.25) is 0 Å². The van der Waals surface area contributed by atoms with Crippen LogP contribution in [-0.2, 0) is 6.42 Å². The quantitative estimate of drug-likeness (QED) is 0.694. The number of carbonyl (C=O) groups is 1. The predicted molar refractivity (Wildman–Crippen MR) is 105 cm³/mol. The number of thiazole rings is 1. The van der Waals surface area contributed by atoms with Crippen LogP contribution in [0.3, 0.4) is 0 Å². The molecule has 27 heavy (non-hydrogen) atoms. The lowest BCUT2D eigenvalue weighted by molar-refractivity contribution is 0.103. The van der Waals surface area contributed by atoms with E-state index < -0.39 is 17.5 Å². The smallest absolute Gasteiger partial charge is 0.267 e. The van der Waals surface area contributed by atoms with Gasteiger partial charge in [-0.05, 0) is 24.6 Å². The molecule has 3 rings (SSSR count). The van der Waals surface area contributed by atoms with Crippen LogP contribution >= 0.6 is 11.3 Å². The van der Waals surface area contributed by atoms with Gasteiger partial charge in [0.15, 0.2) is 11.6 Å². The Morgan fingerprint density at radius 1 is 1.15 bits per heavy atom. The van der Waals surface area contributed by atoms with Gasteiger partial charge in [-0.15, -0.1) is 11.3 Å². The van der Waals surface area contributed by atoms with Gasteiger partial charge >= 0.3 is 0 Å². The fourth-order valence-corrected chi connectivity index (χ4v) is 3.76. The minimum absolute atomic E-state index is 0.0676. The number of hydrogen-bond donors (Lipinski definition) is 1. The van der Waals surface area contributed by atoms with E-state index in [0.717, 1.165) is 22.7 Å². The molecule has 0 aliphatic heterocycles. The van der Waals surface area contributed by atoms with Crippen LogP contribution in [0.4, 0.5) is 20.2 Å². The molecule has 0 spiro atoms. The topological polar surface area (TPSA) is 45.2 Å². The van der Waals surface area contributed by atoms with Crippen molar-refractivity contribution in [3.63, 3.8) is 0 Å². The summed E-state index contributed by atoms with van der Waals surface area (Å²) in [6, 6.07) is 12.0. The minimum atomic E-state index is -0.735. The summed E-state index contributed by atoms with van der Waals surface area (Å²) in [6.45, 7) is 1.75. The summed E-state index contributed by atoms with van der Waals surface area (Å²) in [7, 11) is 3.10. The highest BCUT2D eigenvalue weighted by Crippen LogP contribution is 2.27. The van der Waals surface area contributed by atoms with Crippen LogP contribution in [0.25, 0.3) is 0 Å². The number of benzene rings is 2. The first-order valence-corrected chi connectivity index (χ1v) is 9.14. The van der Waals surface area contributed by atoms with Gasteiger partial charge in [0, 0.05) is 26.2 Å². The van der Waals surface area contributed by atoms with Gasteiger partial charge in [0.05, 0.1) is 10.7 Å². The highest BCUT2D eigenvalue weighted by Gasteiger charge is 2.18. The average Bonchev–Trinajstić information content (AvgIpc) is 2.95. The maximum atomic E-state index is 14.1. The van der Waals surface area contributed by atoms with Crippen molar-refractivity contribution in [3.05, 3.63) is 75.2 Å². The van der Waals surface area contributed by atoms with Crippen molar-refractivity contribution >= 4 is 28.6 Å². The summed E-state index contributed by atoms with van der Waals surface area (Å²) in [5.41, 5.74) is 1.61. The molecule has 0 aliphatic rings. The van der Waals surface area contributed by atoms with Gasteiger partial charge in [-0.3, -0.25) is 4.79 Å². The number of hydrogen-bond acceptors (Lipinski definition) is 4. The zero-order valence-electron chi connectivity index (χ0n) is 15.2. The van der Waals surface area contributed by atoms with Crippen LogP contribution in [0, 0.1) is 18.6 Å². The average molecular weight is 387 g/mol. The van der Waals surface area contributed by atoms with E-state index in [1.54, 1.807) is 21.0 Å². The first-order chi connectivity index (χ1) is 12.8. The van der Waals surface area contributed by atoms with E-state index in [1.165, 1.54) is 16.2 Å². The third kappa shape index (κ3) is 4.31. The number of aryl methyl sites for hydroxylation is 1. The van der Waals surface area contributed by atoms with Crippen molar-refractivity contribution in [2.75, 3.05) is 24.3 Å². The molecule has 1 amide bonds. The molecular weight excluding hydrogens is 368 g/mol. The van der Waals surface area contributed by atoms with E-state index in [0.29, 0.717) is 17.0 Å². The zero-order valence-corrected chi connectivity index (χ0v) is 16.0. The Morgan fingerprint density at radius 2 is 1.78 bits per heavy atom. The molecule has 0 atom stereocenters. The molecule has 0 fully saturated rings. The molecule has 7 heteroatoms. The monoisotopic (exact) mass is 387 g/mol. The van der Waals surface area contributed by atoms with Gasteiger partial charge in [-0.25, -0.2) is 13.8 Å². The fraction of sp³-hybridized carbons (Fsp3) is 0.200. The molecule has 4 nitrogen and oxygen atoms in total. The molecule has 1 N–H and O–H groups in total. The lowest BCUT2D eigenvalue weighted by atomic mass is 10.2. The van der Waals surface area contributed by atoms with E-state index >= 15 is 0 Å². The third-order valence-corrected chi connectivity index (χ3v) is 5.12. The van der Waals surface area contributed by atoms with Crippen LogP contribution in [0.1, 0.15) is 25.9 Å². The molecule has 1 heterocycles. The van der Waals surface area contributed by atoms with Crippen LogP contribution in [0.5, 0.6) is 0 Å². The van der Waals surface area contributed by atoms with E-state index in [9.17, 15) is 13.6 Å². The largest absolute Gasteiger partial charge is 0.373 e. The second-order valence-corrected chi connectivity index (χ2v) is 7.41. The summed E-state index contributed by atoms with van der Waals surface area (Å²) >= 11 is 1.28. The summed E-state index contributed by atoms with van der Waals surface area (Å²) in [5.74, 6) is -1.90. The highest BCUT2D eigenvalue weighted by molar-refractivity contribution is 7.14. The van der Waals surface area contributed by atoms with Gasteiger partial charge in [0.25, 0.3) is 5.91 Å². The zero-order chi connectivity index (χ0) is 19.6. The van der Waals surface area contributed by atoms with Crippen molar-refractivity contribution in [2.24, 2.45) is 0 Å². The van der Waals surface area contributed by atoms with Gasteiger partial charge in [-0.1, -0.05) is 30.3 Å². The Bertz CT molecular complexity index is 948. The molecule has 0 radical (unpaired) electrons. The minimum Gasteiger partial charge on any atom is -0.373 e. The normalized spacial score (nSPS) is 10.7. The maximum absolute atomic E-state index is 14.1. The van der Waals surface area contributed by atoms with Crippen molar-refractivity contribution in [3.8, 4) is 0 Å². The molecule has 1 aromatic heterocycles. The first kappa shape index (κ1) is 19.0. The SMILES string of the molecule is Cc1nc(Cc2ccccc2)sc1C(=O)Nc1cc(F)c(N(C)C)c(F)c1. The van der Waals surface area contributed by atoms with Crippen molar-refractivity contribution < 1.29 is 13.6 Å². The summed E-state index contributed by atoms with van der Waals surface area (Å²) in [6.07, 6.45) is 0.625. The van der Waals surface area contributed by atoms with Crippen molar-refractivity contribution in [1.82, 2.24) is 4.98 Å². The number of nitrogens with zero attached hydrogens (tertiary/aromatic N) is 2. The van der Waals surface area contributed by atoms with Gasteiger partial charge in [0.1, 0.15) is 10.6 Å². The highest BCUT2D eigenvalue weighted by atomic mass is 32.1. The Labute approximate surface area is 160 Å². The number of anilines is 2. The number of carbonyl (C=O) groups excluding carboxylic acids is 1. The molecule has 0 unspecified atom stereocenters. The van der Waals surface area contributed by atoms with Crippen LogP contribution < -0.4 is 10.2 Å². The second kappa shape index (κ2) is 7.84. The fourth-order valence-electron chi connectivity index (χ4n) is 2.76. The standard InChI is InChI=1S/C20H19F2N3OS/c1-12-19(27-17(23-12)9-13-7-5-4-6-8-13)20(26)24-14-10-15(21)18(25(2)3)16(22)11-14/h4-8,10-11H,9H2,1-3H3,(H,24,26). The Morgan fingerprint density at radius 3 is 2.37 bits per heavy atom. The summed E-state index contributed by atoms with van der Waals surface area (Å²) in [4.78, 5) is 18.8. The predicted octanol–water partition coefficient (Wildman–Crippen LogP) is 4.64. The lowest BCUT2D eigenvalue weighted by Gasteiger charge is -2.15. The number of amides is 1. The molecular formula is C20H19F2N3OS. The van der Waals surface area contributed by atoms with Crippen molar-refractivity contribution in [2.45, 2.75) is 13.3 Å². The molecule has 2 aromatic carbocycles. The first-order valence-electron chi connectivity index (χ1n) is 8.33. The Balaban J connectivity index is 1.79. The Kier molecular flexibility index (Phi) is 5.51. The van der Waals surface area contributed by atoms with Gasteiger partial charge in [0.2, 0.25) is 0 Å². The maximum Gasteiger partial charge on any atom is 0.267 e. The number of nitrogens with one attached hydrogen (secondary N) is 1. The number of halogens is 2. The van der Waals surface area contributed by atoms with E-state index in [1.807, 2.05) is 30.3 Å². The molecule has 0 aliphatic carbocycles. The van der Waals surface area contributed by atoms with Crippen LogP contribution in [0.15, 0.2) is 42.5 Å². The number of rotatable bonds is 5. The molecule has 0 saturated heterocycles. The van der Waals surface area contributed by atoms with Gasteiger partial charge < -0.3 is 10.2 Å². The van der Waals surface area contributed by atoms with Gasteiger partial charge in [-0.2, -0.15) is 0 Å². The summed E-state index contributed by atoms with van der Waals surface area (Å²) in [5, 5.41) is 3.37. The Hall–Kier alpha value is -2.80. The van der Waals surface area contributed by atoms with Crippen molar-refractivity contribution in [1.29, 1.82) is 0 Å². The third-order valence-electron chi connectivity index (χ3n) is 3.97. The molecule has 140 valence electrons. The second-order valence-electron chi connectivity index (χ2n) is 6.32. The van der Waals surface area contributed by atoms with E-state index in [4.69, 9.17) is 0 Å².